The molecule has 2 aliphatic heterocycles. The van der Waals surface area contributed by atoms with Crippen LogP contribution in [0.1, 0.15) is 24.8 Å². The van der Waals surface area contributed by atoms with E-state index in [1.54, 1.807) is 0 Å². The largest absolute Gasteiger partial charge is 0.489 e. The summed E-state index contributed by atoms with van der Waals surface area (Å²) in [5.74, 6) is 0.292. The molecule has 2 heterocycles. The molecular weight excluding hydrogens is 343 g/mol. The lowest BCUT2D eigenvalue weighted by Crippen LogP contribution is -2.39. The molecule has 1 N–H and O–H groups in total. The number of ether oxygens (including phenoxy) is 2. The van der Waals surface area contributed by atoms with Gasteiger partial charge in [0.15, 0.2) is 0 Å². The fourth-order valence-corrected chi connectivity index (χ4v) is 3.72. The highest BCUT2D eigenvalue weighted by molar-refractivity contribution is 6.30. The number of benzene rings is 1. The van der Waals surface area contributed by atoms with Crippen molar-refractivity contribution in [2.24, 2.45) is 11.8 Å². The van der Waals surface area contributed by atoms with Crippen molar-refractivity contribution < 1.29 is 22.6 Å². The second kappa shape index (κ2) is 7.50. The number of rotatable bonds is 4. The zero-order chi connectivity index (χ0) is 17.2. The molecule has 134 valence electrons. The van der Waals surface area contributed by atoms with Gasteiger partial charge in [-0.2, -0.15) is 13.2 Å². The molecule has 1 unspecified atom stereocenters. The number of hydrogen-bond donors (Lipinski definition) is 1. The maximum absolute atomic E-state index is 13.3. The molecule has 0 bridgehead atoms. The molecule has 2 saturated heterocycles. The molecule has 0 aliphatic carbocycles. The number of hydrogen-bond acceptors (Lipinski definition) is 3. The van der Waals surface area contributed by atoms with E-state index in [1.807, 2.05) is 0 Å². The number of nitrogens with one attached hydrogen (secondary N) is 1. The van der Waals surface area contributed by atoms with Crippen molar-refractivity contribution in [3.63, 3.8) is 0 Å². The minimum absolute atomic E-state index is 0.0554. The summed E-state index contributed by atoms with van der Waals surface area (Å²) in [6, 6.07) is 3.71. The molecule has 0 spiro atoms. The topological polar surface area (TPSA) is 30.5 Å². The van der Waals surface area contributed by atoms with Crippen LogP contribution in [-0.2, 0) is 10.9 Å². The van der Waals surface area contributed by atoms with Gasteiger partial charge in [0, 0.05) is 36.6 Å². The zero-order valence-corrected chi connectivity index (χ0v) is 14.0. The smallest absolute Gasteiger partial charge is 0.420 e. The Morgan fingerprint density at radius 2 is 1.92 bits per heavy atom. The molecule has 1 aromatic carbocycles. The van der Waals surface area contributed by atoms with E-state index in [4.69, 9.17) is 21.1 Å². The first-order valence-electron chi connectivity index (χ1n) is 8.27. The average molecular weight is 364 g/mol. The van der Waals surface area contributed by atoms with E-state index in [9.17, 15) is 13.2 Å². The van der Waals surface area contributed by atoms with Crippen LogP contribution in [0, 0.1) is 11.8 Å². The normalized spacial score (nSPS) is 24.1. The highest BCUT2D eigenvalue weighted by Crippen LogP contribution is 2.40. The lowest BCUT2D eigenvalue weighted by molar-refractivity contribution is -0.140. The summed E-state index contributed by atoms with van der Waals surface area (Å²) in [6.07, 6.45) is -2.19. The van der Waals surface area contributed by atoms with Crippen LogP contribution in [0.15, 0.2) is 18.2 Å². The lowest BCUT2D eigenvalue weighted by Gasteiger charge is -2.35. The van der Waals surface area contributed by atoms with Crippen molar-refractivity contribution >= 4 is 11.6 Å². The first-order chi connectivity index (χ1) is 11.4. The van der Waals surface area contributed by atoms with Gasteiger partial charge in [0.25, 0.3) is 0 Å². The first kappa shape index (κ1) is 17.8. The zero-order valence-electron chi connectivity index (χ0n) is 13.2. The van der Waals surface area contributed by atoms with Gasteiger partial charge in [0.05, 0.1) is 5.56 Å². The van der Waals surface area contributed by atoms with Gasteiger partial charge >= 0.3 is 6.18 Å². The van der Waals surface area contributed by atoms with Gasteiger partial charge in [-0.05, 0) is 44.0 Å². The van der Waals surface area contributed by atoms with Crippen LogP contribution < -0.4 is 10.1 Å². The third kappa shape index (κ3) is 4.16. The molecular formula is C17H21ClF3NO2. The van der Waals surface area contributed by atoms with Crippen molar-refractivity contribution in [2.45, 2.75) is 31.5 Å². The Labute approximate surface area is 144 Å². The Morgan fingerprint density at radius 1 is 1.17 bits per heavy atom. The minimum atomic E-state index is -4.49. The standard InChI is InChI=1S/C17H21ClF3NO2/c18-13-1-2-15(14(9-13)17(19,20)21)24-16(12-3-6-22-10-12)11-4-7-23-8-5-11/h1-2,9,11-12,16,22H,3-8,10H2/t12-,16?/m1/s1. The van der Waals surface area contributed by atoms with Crippen molar-refractivity contribution in [1.82, 2.24) is 5.32 Å². The Kier molecular flexibility index (Phi) is 5.57. The molecule has 24 heavy (non-hydrogen) atoms. The maximum Gasteiger partial charge on any atom is 0.420 e. The second-order valence-electron chi connectivity index (χ2n) is 6.42. The Bertz CT molecular complexity index is 555. The van der Waals surface area contributed by atoms with Gasteiger partial charge in [-0.25, -0.2) is 0 Å². The van der Waals surface area contributed by atoms with Crippen molar-refractivity contribution in [2.75, 3.05) is 26.3 Å². The molecule has 2 atom stereocenters. The van der Waals surface area contributed by atoms with Crippen LogP contribution in [0.4, 0.5) is 13.2 Å². The monoisotopic (exact) mass is 363 g/mol. The lowest BCUT2D eigenvalue weighted by atomic mass is 9.85. The molecule has 0 amide bonds. The van der Waals surface area contributed by atoms with E-state index in [2.05, 4.69) is 5.32 Å². The van der Waals surface area contributed by atoms with Gasteiger partial charge in [-0.15, -0.1) is 0 Å². The molecule has 2 aliphatic rings. The second-order valence-corrected chi connectivity index (χ2v) is 6.86. The summed E-state index contributed by atoms with van der Waals surface area (Å²) in [5.41, 5.74) is -0.807. The molecule has 3 rings (SSSR count). The average Bonchev–Trinajstić information content (AvgIpc) is 3.08. The van der Waals surface area contributed by atoms with Crippen LogP contribution in [-0.4, -0.2) is 32.4 Å². The van der Waals surface area contributed by atoms with Crippen molar-refractivity contribution in [3.8, 4) is 5.75 Å². The number of halogens is 4. The highest BCUT2D eigenvalue weighted by Gasteiger charge is 2.38. The minimum Gasteiger partial charge on any atom is -0.489 e. The fraction of sp³-hybridized carbons (Fsp3) is 0.647. The Balaban J connectivity index is 1.86. The fourth-order valence-electron chi connectivity index (χ4n) is 3.55. The summed E-state index contributed by atoms with van der Waals surface area (Å²) >= 11 is 5.75. The van der Waals surface area contributed by atoms with E-state index >= 15 is 0 Å². The van der Waals surface area contributed by atoms with E-state index in [0.29, 0.717) is 13.2 Å². The quantitative estimate of drug-likeness (QED) is 0.872. The van der Waals surface area contributed by atoms with Crippen molar-refractivity contribution in [1.29, 1.82) is 0 Å². The molecule has 0 radical (unpaired) electrons. The van der Waals surface area contributed by atoms with Crippen LogP contribution in [0.3, 0.4) is 0 Å². The van der Waals surface area contributed by atoms with E-state index < -0.39 is 11.7 Å². The molecule has 7 heteroatoms. The maximum atomic E-state index is 13.3. The van der Waals surface area contributed by atoms with Gasteiger partial charge in [0.2, 0.25) is 0 Å². The van der Waals surface area contributed by atoms with E-state index in [1.165, 1.54) is 12.1 Å². The Morgan fingerprint density at radius 3 is 2.54 bits per heavy atom. The van der Waals surface area contributed by atoms with Gasteiger partial charge in [-0.3, -0.25) is 0 Å². The first-order valence-corrected chi connectivity index (χ1v) is 8.65. The van der Waals surface area contributed by atoms with E-state index in [0.717, 1.165) is 38.4 Å². The third-order valence-corrected chi connectivity index (χ3v) is 5.04. The van der Waals surface area contributed by atoms with Crippen LogP contribution in [0.25, 0.3) is 0 Å². The van der Waals surface area contributed by atoms with Gasteiger partial charge in [-0.1, -0.05) is 11.6 Å². The van der Waals surface area contributed by atoms with Crippen LogP contribution in [0.2, 0.25) is 5.02 Å². The molecule has 2 fully saturated rings. The summed E-state index contributed by atoms with van der Waals surface area (Å²) in [6.45, 7) is 2.92. The molecule has 0 aromatic heterocycles. The third-order valence-electron chi connectivity index (χ3n) is 4.80. The van der Waals surface area contributed by atoms with Gasteiger partial charge < -0.3 is 14.8 Å². The van der Waals surface area contributed by atoms with Crippen molar-refractivity contribution in [3.05, 3.63) is 28.8 Å². The SMILES string of the molecule is FC(F)(F)c1cc(Cl)ccc1OC(C1CCOCC1)[C@@H]1CCNC1. The number of alkyl halides is 3. The van der Waals surface area contributed by atoms with Crippen LogP contribution in [0.5, 0.6) is 5.75 Å². The molecule has 0 saturated carbocycles. The predicted molar refractivity (Wildman–Crippen MR) is 85.4 cm³/mol. The highest BCUT2D eigenvalue weighted by atomic mass is 35.5. The Hall–Kier alpha value is -0.980. The van der Waals surface area contributed by atoms with Gasteiger partial charge in [0.1, 0.15) is 11.9 Å². The molecule has 3 nitrogen and oxygen atoms in total. The summed E-state index contributed by atoms with van der Waals surface area (Å²) in [5, 5.41) is 3.33. The van der Waals surface area contributed by atoms with Crippen LogP contribution >= 0.6 is 11.6 Å². The molecule has 1 aromatic rings. The summed E-state index contributed by atoms with van der Waals surface area (Å²) in [4.78, 5) is 0. The predicted octanol–water partition coefficient (Wildman–Crippen LogP) is 4.14. The summed E-state index contributed by atoms with van der Waals surface area (Å²) < 4.78 is 51.3. The van der Waals surface area contributed by atoms with E-state index in [-0.39, 0.29) is 28.7 Å². The summed E-state index contributed by atoms with van der Waals surface area (Å²) in [7, 11) is 0.